The van der Waals surface area contributed by atoms with Crippen molar-refractivity contribution in [3.8, 4) is 78.9 Å². The van der Waals surface area contributed by atoms with Gasteiger partial charge in [-0.05, 0) is 41.7 Å². The van der Waals surface area contributed by atoms with Gasteiger partial charge >= 0.3 is 0 Å². The van der Waals surface area contributed by atoms with Crippen LogP contribution in [0.25, 0.3) is 95.4 Å². The number of allylic oxidation sites excluding steroid dienone is 4. The van der Waals surface area contributed by atoms with Crippen LogP contribution in [-0.4, -0.2) is 29.9 Å². The van der Waals surface area contributed by atoms with Crippen LogP contribution < -0.4 is 0 Å². The van der Waals surface area contributed by atoms with Crippen molar-refractivity contribution in [2.45, 2.75) is 12.8 Å². The predicted molar refractivity (Wildman–Crippen MR) is 235 cm³/mol. The van der Waals surface area contributed by atoms with Gasteiger partial charge < -0.3 is 0 Å². The minimum Gasteiger partial charge on any atom is -0.256 e. The van der Waals surface area contributed by atoms with Gasteiger partial charge in [0, 0.05) is 50.5 Å². The highest BCUT2D eigenvalue weighted by molar-refractivity contribution is 6.02. The number of rotatable bonds is 8. The van der Waals surface area contributed by atoms with E-state index in [1.54, 1.807) is 0 Å². The van der Waals surface area contributed by atoms with E-state index < -0.39 is 0 Å². The molecule has 6 heteroatoms. The van der Waals surface area contributed by atoms with Gasteiger partial charge in [0.25, 0.3) is 0 Å². The Hall–Kier alpha value is -7.70. The van der Waals surface area contributed by atoms with Gasteiger partial charge in [-0.1, -0.05) is 176 Å². The zero-order valence-corrected chi connectivity index (χ0v) is 31.6. The molecule has 0 radical (unpaired) electrons. The Labute approximate surface area is 337 Å². The third-order valence-corrected chi connectivity index (χ3v) is 10.4. The SMILES string of the molecule is C1=CC(c2nc(-c3ccccc3)nc(-c3ccc(-c4c(-c5ccc(-c6nc(-c7ccccc7)cc(-c7ccccc7)n6)cc5)ccc5cccnc45)cc3)n2)=CCC1. The maximum absolute atomic E-state index is 5.05. The maximum atomic E-state index is 5.05. The first-order valence-corrected chi connectivity index (χ1v) is 19.5. The highest BCUT2D eigenvalue weighted by atomic mass is 15.0. The Morgan fingerprint density at radius 2 is 0.897 bits per heavy atom. The van der Waals surface area contributed by atoms with Gasteiger partial charge in [-0.15, -0.1) is 0 Å². The summed E-state index contributed by atoms with van der Waals surface area (Å²) in [5.41, 5.74) is 12.9. The third-order valence-electron chi connectivity index (χ3n) is 10.4. The van der Waals surface area contributed by atoms with Crippen LogP contribution in [0.3, 0.4) is 0 Å². The molecule has 0 atom stereocenters. The van der Waals surface area contributed by atoms with E-state index in [-0.39, 0.29) is 0 Å². The Bertz CT molecular complexity index is 2900. The van der Waals surface area contributed by atoms with Gasteiger partial charge in [-0.2, -0.15) is 0 Å². The fourth-order valence-corrected chi connectivity index (χ4v) is 7.48. The predicted octanol–water partition coefficient (Wildman–Crippen LogP) is 12.6. The number of aromatic nitrogens is 6. The first-order chi connectivity index (χ1) is 28.7. The molecule has 0 saturated carbocycles. The summed E-state index contributed by atoms with van der Waals surface area (Å²) in [5, 5.41) is 1.07. The van der Waals surface area contributed by atoms with Crippen molar-refractivity contribution < 1.29 is 0 Å². The molecule has 58 heavy (non-hydrogen) atoms. The fourth-order valence-electron chi connectivity index (χ4n) is 7.48. The monoisotopic (exact) mass is 744 g/mol. The van der Waals surface area contributed by atoms with Crippen LogP contribution in [0.4, 0.5) is 0 Å². The van der Waals surface area contributed by atoms with Crippen molar-refractivity contribution >= 4 is 16.5 Å². The molecule has 1 aliphatic rings. The van der Waals surface area contributed by atoms with E-state index >= 15 is 0 Å². The summed E-state index contributed by atoms with van der Waals surface area (Å²) in [6.45, 7) is 0. The van der Waals surface area contributed by atoms with E-state index in [0.717, 1.165) is 90.8 Å². The fraction of sp³-hybridized carbons (Fsp3) is 0.0385. The lowest BCUT2D eigenvalue weighted by Crippen LogP contribution is -2.03. The van der Waals surface area contributed by atoms with Gasteiger partial charge in [0.15, 0.2) is 23.3 Å². The molecule has 0 bridgehead atoms. The summed E-state index contributed by atoms with van der Waals surface area (Å²) in [5.74, 6) is 2.65. The maximum Gasteiger partial charge on any atom is 0.164 e. The van der Waals surface area contributed by atoms with Crippen LogP contribution in [-0.2, 0) is 0 Å². The van der Waals surface area contributed by atoms with Crippen molar-refractivity contribution in [3.05, 3.63) is 200 Å². The quantitative estimate of drug-likeness (QED) is 0.154. The van der Waals surface area contributed by atoms with Crippen LogP contribution in [0.15, 0.2) is 194 Å². The molecule has 3 heterocycles. The Morgan fingerprint density at radius 1 is 0.379 bits per heavy atom. The average Bonchev–Trinajstić information content (AvgIpc) is 3.32. The highest BCUT2D eigenvalue weighted by Gasteiger charge is 2.17. The summed E-state index contributed by atoms with van der Waals surface area (Å²) in [6, 6.07) is 58.2. The summed E-state index contributed by atoms with van der Waals surface area (Å²) in [4.78, 5) is 29.9. The Kier molecular flexibility index (Phi) is 9.26. The number of benzene rings is 6. The van der Waals surface area contributed by atoms with E-state index in [1.165, 1.54) is 0 Å². The standard InChI is InChI=1S/C52H36N6/c1-5-14-36(15-6-1)45-34-46(37-16-7-2-8-17-37)55-49(54-45)42-27-23-35(24-28-42)44-32-31-39-22-13-33-53-48(39)47(44)38-25-29-43(30-26-38)52-57-50(40-18-9-3-10-19-40)56-51(58-52)41-20-11-4-12-21-41/h1-3,5-11,13-34H,4,12H2. The van der Waals surface area contributed by atoms with E-state index in [1.807, 2.05) is 79.0 Å². The van der Waals surface area contributed by atoms with Gasteiger partial charge in [0.05, 0.1) is 16.9 Å². The lowest BCUT2D eigenvalue weighted by molar-refractivity contribution is 1.01. The van der Waals surface area contributed by atoms with Gasteiger partial charge in [-0.3, -0.25) is 4.98 Å². The van der Waals surface area contributed by atoms with Crippen LogP contribution in [0.5, 0.6) is 0 Å². The molecule has 0 N–H and O–H groups in total. The van der Waals surface area contributed by atoms with Crippen molar-refractivity contribution in [1.82, 2.24) is 29.9 Å². The summed E-state index contributed by atoms with van der Waals surface area (Å²) in [6.07, 6.45) is 10.3. The second kappa shape index (κ2) is 15.4. The minimum absolute atomic E-state index is 0.635. The largest absolute Gasteiger partial charge is 0.256 e. The van der Waals surface area contributed by atoms with Crippen molar-refractivity contribution in [3.63, 3.8) is 0 Å². The average molecular weight is 745 g/mol. The number of fused-ring (bicyclic) bond motifs is 1. The van der Waals surface area contributed by atoms with Crippen molar-refractivity contribution in [2.24, 2.45) is 0 Å². The summed E-state index contributed by atoms with van der Waals surface area (Å²) in [7, 11) is 0. The van der Waals surface area contributed by atoms with Gasteiger partial charge in [0.2, 0.25) is 0 Å². The third kappa shape index (κ3) is 6.99. The van der Waals surface area contributed by atoms with E-state index in [9.17, 15) is 0 Å². The number of nitrogens with zero attached hydrogens (tertiary/aromatic N) is 6. The van der Waals surface area contributed by atoms with Crippen molar-refractivity contribution in [1.29, 1.82) is 0 Å². The van der Waals surface area contributed by atoms with Crippen LogP contribution in [0, 0.1) is 0 Å². The number of pyridine rings is 1. The molecule has 0 spiro atoms. The first-order valence-electron chi connectivity index (χ1n) is 19.5. The molecule has 6 aromatic carbocycles. The lowest BCUT2D eigenvalue weighted by Gasteiger charge is -2.15. The van der Waals surface area contributed by atoms with E-state index in [2.05, 4.69) is 115 Å². The molecular formula is C52H36N6. The smallest absolute Gasteiger partial charge is 0.164 e. The van der Waals surface area contributed by atoms with Crippen LogP contribution >= 0.6 is 0 Å². The normalized spacial score (nSPS) is 12.4. The van der Waals surface area contributed by atoms with E-state index in [0.29, 0.717) is 23.3 Å². The Morgan fingerprint density at radius 3 is 1.48 bits per heavy atom. The summed E-state index contributed by atoms with van der Waals surface area (Å²) >= 11 is 0. The molecule has 3 aromatic heterocycles. The second-order valence-corrected chi connectivity index (χ2v) is 14.2. The van der Waals surface area contributed by atoms with E-state index in [4.69, 9.17) is 29.9 Å². The van der Waals surface area contributed by atoms with Gasteiger partial charge in [0.1, 0.15) is 0 Å². The molecule has 0 amide bonds. The topological polar surface area (TPSA) is 77.3 Å². The number of hydrogen-bond acceptors (Lipinski definition) is 6. The Balaban J connectivity index is 1.04. The highest BCUT2D eigenvalue weighted by Crippen LogP contribution is 2.39. The molecular weight excluding hydrogens is 709 g/mol. The molecule has 0 fully saturated rings. The number of hydrogen-bond donors (Lipinski definition) is 0. The van der Waals surface area contributed by atoms with Gasteiger partial charge in [-0.25, -0.2) is 24.9 Å². The van der Waals surface area contributed by atoms with Crippen molar-refractivity contribution in [2.75, 3.05) is 0 Å². The van der Waals surface area contributed by atoms with Crippen LogP contribution in [0.1, 0.15) is 18.7 Å². The molecule has 6 nitrogen and oxygen atoms in total. The molecule has 274 valence electrons. The molecule has 10 rings (SSSR count). The lowest BCUT2D eigenvalue weighted by atomic mass is 9.91. The zero-order chi connectivity index (χ0) is 38.7. The van der Waals surface area contributed by atoms with Crippen LogP contribution in [0.2, 0.25) is 0 Å². The summed E-state index contributed by atoms with van der Waals surface area (Å²) < 4.78 is 0. The molecule has 0 unspecified atom stereocenters. The first kappa shape index (κ1) is 34.8. The molecule has 1 aliphatic carbocycles. The minimum atomic E-state index is 0.635. The molecule has 9 aromatic rings. The molecule has 0 saturated heterocycles. The zero-order valence-electron chi connectivity index (χ0n) is 31.6. The second-order valence-electron chi connectivity index (χ2n) is 14.2. The molecule has 0 aliphatic heterocycles.